The highest BCUT2D eigenvalue weighted by atomic mass is 19.1. The lowest BCUT2D eigenvalue weighted by atomic mass is 10.0. The molecule has 0 bridgehead atoms. The number of halogens is 1. The van der Waals surface area contributed by atoms with E-state index in [1.807, 2.05) is 0 Å². The van der Waals surface area contributed by atoms with Gasteiger partial charge < -0.3 is 14.8 Å². The summed E-state index contributed by atoms with van der Waals surface area (Å²) in [5, 5.41) is 2.66. The lowest BCUT2D eigenvalue weighted by molar-refractivity contribution is 0.102. The summed E-state index contributed by atoms with van der Waals surface area (Å²) in [6.45, 7) is 3.70. The molecule has 5 heteroatoms. The van der Waals surface area contributed by atoms with Gasteiger partial charge in [-0.05, 0) is 36.8 Å². The fourth-order valence-electron chi connectivity index (χ4n) is 2.25. The van der Waals surface area contributed by atoms with Gasteiger partial charge >= 0.3 is 0 Å². The van der Waals surface area contributed by atoms with E-state index >= 15 is 0 Å². The summed E-state index contributed by atoms with van der Waals surface area (Å²) in [5.74, 6) is 0.246. The van der Waals surface area contributed by atoms with Gasteiger partial charge in [0.2, 0.25) is 0 Å². The van der Waals surface area contributed by atoms with Gasteiger partial charge in [0.05, 0.1) is 14.2 Å². The SMILES string of the molecule is C=CCc1cc(C(=O)Nc2cccc(F)c2)cc(OC)c1OC. The molecule has 1 amide bonds. The zero-order valence-corrected chi connectivity index (χ0v) is 13.1. The zero-order chi connectivity index (χ0) is 16.8. The predicted molar refractivity (Wildman–Crippen MR) is 87.8 cm³/mol. The molecule has 1 N–H and O–H groups in total. The predicted octanol–water partition coefficient (Wildman–Crippen LogP) is 3.82. The van der Waals surface area contributed by atoms with Crippen molar-refractivity contribution in [1.82, 2.24) is 0 Å². The van der Waals surface area contributed by atoms with Crippen molar-refractivity contribution in [3.63, 3.8) is 0 Å². The summed E-state index contributed by atoms with van der Waals surface area (Å²) < 4.78 is 23.8. The average molecular weight is 315 g/mol. The van der Waals surface area contributed by atoms with E-state index in [1.165, 1.54) is 32.4 Å². The van der Waals surface area contributed by atoms with Crippen LogP contribution < -0.4 is 14.8 Å². The largest absolute Gasteiger partial charge is 0.493 e. The molecule has 4 nitrogen and oxygen atoms in total. The summed E-state index contributed by atoms with van der Waals surface area (Å²) >= 11 is 0. The van der Waals surface area contributed by atoms with Crippen molar-refractivity contribution in [2.45, 2.75) is 6.42 Å². The molecule has 2 aromatic rings. The van der Waals surface area contributed by atoms with Crippen LogP contribution in [0.5, 0.6) is 11.5 Å². The minimum atomic E-state index is -0.414. The molecule has 0 fully saturated rings. The topological polar surface area (TPSA) is 47.6 Å². The van der Waals surface area contributed by atoms with E-state index in [0.29, 0.717) is 29.2 Å². The number of hydrogen-bond acceptors (Lipinski definition) is 3. The van der Waals surface area contributed by atoms with Crippen LogP contribution in [0.3, 0.4) is 0 Å². The number of ether oxygens (including phenoxy) is 2. The molecule has 0 aliphatic heterocycles. The van der Waals surface area contributed by atoms with Gasteiger partial charge in [-0.1, -0.05) is 12.1 Å². The molecule has 0 atom stereocenters. The molecule has 0 aliphatic rings. The first-order valence-corrected chi connectivity index (χ1v) is 7.01. The van der Waals surface area contributed by atoms with E-state index in [2.05, 4.69) is 11.9 Å². The zero-order valence-electron chi connectivity index (χ0n) is 13.1. The molecule has 0 saturated carbocycles. The van der Waals surface area contributed by atoms with Crippen molar-refractivity contribution in [2.75, 3.05) is 19.5 Å². The van der Waals surface area contributed by atoms with Crippen LogP contribution in [0.2, 0.25) is 0 Å². The highest BCUT2D eigenvalue weighted by Gasteiger charge is 2.16. The Balaban J connectivity index is 2.36. The third-order valence-electron chi connectivity index (χ3n) is 3.26. The molecule has 0 heterocycles. The lowest BCUT2D eigenvalue weighted by Crippen LogP contribution is -2.13. The number of allylic oxidation sites excluding steroid dienone is 1. The van der Waals surface area contributed by atoms with E-state index in [-0.39, 0.29) is 5.91 Å². The Morgan fingerprint density at radius 1 is 1.26 bits per heavy atom. The van der Waals surface area contributed by atoms with Gasteiger partial charge in [-0.2, -0.15) is 0 Å². The normalized spacial score (nSPS) is 10.0. The number of amides is 1. The van der Waals surface area contributed by atoms with Crippen molar-refractivity contribution in [2.24, 2.45) is 0 Å². The maximum Gasteiger partial charge on any atom is 0.255 e. The van der Waals surface area contributed by atoms with Crippen molar-refractivity contribution in [3.05, 3.63) is 66.0 Å². The van der Waals surface area contributed by atoms with Gasteiger partial charge in [0.1, 0.15) is 5.82 Å². The second-order valence-corrected chi connectivity index (χ2v) is 4.83. The number of nitrogens with one attached hydrogen (secondary N) is 1. The fraction of sp³-hybridized carbons (Fsp3) is 0.167. The smallest absolute Gasteiger partial charge is 0.255 e. The summed E-state index contributed by atoms with van der Waals surface area (Å²) in [7, 11) is 3.04. The molecule has 23 heavy (non-hydrogen) atoms. The van der Waals surface area contributed by atoms with Crippen LogP contribution >= 0.6 is 0 Å². The molecular weight excluding hydrogens is 297 g/mol. The van der Waals surface area contributed by atoms with E-state index in [1.54, 1.807) is 24.3 Å². The lowest BCUT2D eigenvalue weighted by Gasteiger charge is -2.14. The Hall–Kier alpha value is -2.82. The minimum Gasteiger partial charge on any atom is -0.493 e. The van der Waals surface area contributed by atoms with Crippen molar-refractivity contribution in [1.29, 1.82) is 0 Å². The molecule has 0 aromatic heterocycles. The molecule has 0 radical (unpaired) electrons. The van der Waals surface area contributed by atoms with E-state index < -0.39 is 5.82 Å². The van der Waals surface area contributed by atoms with Gasteiger partial charge in [0, 0.05) is 16.8 Å². The Morgan fingerprint density at radius 3 is 2.65 bits per heavy atom. The number of benzene rings is 2. The third-order valence-corrected chi connectivity index (χ3v) is 3.26. The number of carbonyl (C=O) groups is 1. The minimum absolute atomic E-state index is 0.359. The number of carbonyl (C=O) groups excluding carboxylic acids is 1. The Kier molecular flexibility index (Phi) is 5.36. The highest BCUT2D eigenvalue weighted by Crippen LogP contribution is 2.33. The standard InChI is InChI=1S/C18H18FNO3/c1-4-6-12-9-13(10-16(22-2)17(12)23-3)18(21)20-15-8-5-7-14(19)11-15/h4-5,7-11H,1,6H2,2-3H3,(H,20,21). The van der Waals surface area contributed by atoms with E-state index in [9.17, 15) is 9.18 Å². The van der Waals surface area contributed by atoms with E-state index in [0.717, 1.165) is 5.56 Å². The number of methoxy groups -OCH3 is 2. The van der Waals surface area contributed by atoms with Gasteiger partial charge in [0.25, 0.3) is 5.91 Å². The molecule has 120 valence electrons. The number of rotatable bonds is 6. The van der Waals surface area contributed by atoms with Crippen molar-refractivity contribution >= 4 is 11.6 Å². The van der Waals surface area contributed by atoms with Crippen LogP contribution in [0.1, 0.15) is 15.9 Å². The first kappa shape index (κ1) is 16.5. The molecule has 2 aromatic carbocycles. The van der Waals surface area contributed by atoms with Crippen LogP contribution in [0.15, 0.2) is 49.1 Å². The Morgan fingerprint density at radius 2 is 2.04 bits per heavy atom. The molecule has 2 rings (SSSR count). The quantitative estimate of drug-likeness (QED) is 0.824. The summed E-state index contributed by atoms with van der Waals surface area (Å²) in [4.78, 5) is 12.4. The molecule has 0 spiro atoms. The van der Waals surface area contributed by atoms with Gasteiger partial charge in [-0.15, -0.1) is 6.58 Å². The maximum atomic E-state index is 13.2. The van der Waals surface area contributed by atoms with Gasteiger partial charge in [0.15, 0.2) is 11.5 Å². The molecule has 0 saturated heterocycles. The summed E-state index contributed by atoms with van der Waals surface area (Å²) in [5.41, 5.74) is 1.56. The first-order chi connectivity index (χ1) is 11.1. The first-order valence-electron chi connectivity index (χ1n) is 7.01. The third kappa shape index (κ3) is 3.88. The maximum absolute atomic E-state index is 13.2. The van der Waals surface area contributed by atoms with E-state index in [4.69, 9.17) is 9.47 Å². The Bertz CT molecular complexity index is 728. The summed E-state index contributed by atoms with van der Waals surface area (Å²) in [6, 6.07) is 9.00. The van der Waals surface area contributed by atoms with Crippen LogP contribution in [0.25, 0.3) is 0 Å². The number of hydrogen-bond donors (Lipinski definition) is 1. The van der Waals surface area contributed by atoms with Crippen LogP contribution in [0, 0.1) is 5.82 Å². The fourth-order valence-corrected chi connectivity index (χ4v) is 2.25. The van der Waals surface area contributed by atoms with Crippen LogP contribution in [-0.4, -0.2) is 20.1 Å². The average Bonchev–Trinajstić information content (AvgIpc) is 2.54. The van der Waals surface area contributed by atoms with Crippen LogP contribution in [-0.2, 0) is 6.42 Å². The van der Waals surface area contributed by atoms with Crippen molar-refractivity contribution in [3.8, 4) is 11.5 Å². The van der Waals surface area contributed by atoms with Gasteiger partial charge in [-0.3, -0.25) is 4.79 Å². The van der Waals surface area contributed by atoms with Crippen molar-refractivity contribution < 1.29 is 18.7 Å². The summed E-state index contributed by atoms with van der Waals surface area (Å²) in [6.07, 6.45) is 2.24. The second-order valence-electron chi connectivity index (χ2n) is 4.83. The number of anilines is 1. The Labute approximate surface area is 134 Å². The van der Waals surface area contributed by atoms with Crippen LogP contribution in [0.4, 0.5) is 10.1 Å². The molecular formula is C18H18FNO3. The second kappa shape index (κ2) is 7.45. The molecule has 0 aliphatic carbocycles. The van der Waals surface area contributed by atoms with Gasteiger partial charge in [-0.25, -0.2) is 4.39 Å². The molecule has 0 unspecified atom stereocenters. The highest BCUT2D eigenvalue weighted by molar-refractivity contribution is 6.04. The monoisotopic (exact) mass is 315 g/mol.